The van der Waals surface area contributed by atoms with Crippen LogP contribution in [-0.2, 0) is 17.9 Å². The third-order valence-corrected chi connectivity index (χ3v) is 6.68. The van der Waals surface area contributed by atoms with Crippen LogP contribution >= 0.6 is 37.2 Å². The van der Waals surface area contributed by atoms with Crippen molar-refractivity contribution in [2.45, 2.75) is 40.8 Å². The summed E-state index contributed by atoms with van der Waals surface area (Å²) in [5.74, 6) is 0.585. The monoisotopic (exact) mass is 585 g/mol. The van der Waals surface area contributed by atoms with E-state index < -0.39 is 0 Å². The zero-order valence-corrected chi connectivity index (χ0v) is 25.1. The maximum Gasteiger partial charge on any atom is 0.187 e. The first kappa shape index (κ1) is 35.9. The number of Topliss-reactive ketones (excluding diaryl/α,β-unsaturated/α-hetero) is 1. The van der Waals surface area contributed by atoms with Crippen LogP contribution in [-0.4, -0.2) is 65.1 Å². The smallest absolute Gasteiger partial charge is 0.187 e. The molecule has 1 saturated heterocycles. The van der Waals surface area contributed by atoms with Gasteiger partial charge in [-0.2, -0.15) is 0 Å². The first-order chi connectivity index (χ1) is 16.9. The van der Waals surface area contributed by atoms with Crippen LogP contribution in [0.1, 0.15) is 49.9 Å². The molecule has 0 aromatic heterocycles. The number of phenolic OH excluding ortho intramolecular Hbond substituents is 2. The molecule has 0 atom stereocenters. The molecule has 38 heavy (non-hydrogen) atoms. The topological polar surface area (TPSA) is 76.0 Å². The number of carbonyl (C=O) groups is 1. The van der Waals surface area contributed by atoms with E-state index in [1.54, 1.807) is 12.1 Å². The largest absolute Gasteiger partial charge is 0.508 e. The van der Waals surface area contributed by atoms with Crippen molar-refractivity contribution < 1.29 is 15.0 Å². The predicted molar refractivity (Wildman–Crippen MR) is 165 cm³/mol. The van der Waals surface area contributed by atoms with Gasteiger partial charge in [0.05, 0.1) is 0 Å². The van der Waals surface area contributed by atoms with Crippen molar-refractivity contribution in [2.24, 2.45) is 0 Å². The second kappa shape index (κ2) is 17.5. The van der Waals surface area contributed by atoms with Gasteiger partial charge in [-0.25, -0.2) is 0 Å². The predicted octanol–water partition coefficient (Wildman–Crippen LogP) is 5.69. The van der Waals surface area contributed by atoms with Crippen molar-refractivity contribution in [3.8, 4) is 11.5 Å². The third kappa shape index (κ3) is 9.60. The van der Waals surface area contributed by atoms with Gasteiger partial charge in [0.25, 0.3) is 0 Å². The van der Waals surface area contributed by atoms with E-state index >= 15 is 0 Å². The van der Waals surface area contributed by atoms with E-state index in [1.165, 1.54) is 0 Å². The van der Waals surface area contributed by atoms with E-state index in [4.69, 9.17) is 0 Å². The van der Waals surface area contributed by atoms with Crippen LogP contribution in [0.2, 0.25) is 0 Å². The molecule has 1 aliphatic heterocycles. The van der Waals surface area contributed by atoms with Gasteiger partial charge in [-0.05, 0) is 73.7 Å². The Morgan fingerprint density at radius 3 is 1.42 bits per heavy atom. The fourth-order valence-corrected chi connectivity index (χ4v) is 4.35. The molecule has 2 aromatic carbocycles. The lowest BCUT2D eigenvalue weighted by molar-refractivity contribution is -0.112. The Bertz CT molecular complexity index is 1010. The minimum Gasteiger partial charge on any atom is -0.508 e. The van der Waals surface area contributed by atoms with Crippen molar-refractivity contribution in [3.05, 3.63) is 69.8 Å². The van der Waals surface area contributed by atoms with Gasteiger partial charge in [0.1, 0.15) is 11.5 Å². The van der Waals surface area contributed by atoms with Gasteiger partial charge >= 0.3 is 0 Å². The first-order valence-corrected chi connectivity index (χ1v) is 12.6. The summed E-state index contributed by atoms with van der Waals surface area (Å²) < 4.78 is 0. The number of nitrogens with one attached hydrogen (secondary N) is 1. The Morgan fingerprint density at radius 1 is 0.711 bits per heavy atom. The summed E-state index contributed by atoms with van der Waals surface area (Å²) in [5.41, 5.74) is 4.93. The second-order valence-electron chi connectivity index (χ2n) is 8.97. The summed E-state index contributed by atoms with van der Waals surface area (Å²) in [4.78, 5) is 17.8. The summed E-state index contributed by atoms with van der Waals surface area (Å²) in [5, 5.41) is 24.0. The first-order valence-electron chi connectivity index (χ1n) is 12.6. The molecule has 0 saturated carbocycles. The number of phenols is 2. The van der Waals surface area contributed by atoms with Gasteiger partial charge in [-0.1, -0.05) is 39.8 Å². The number of halogens is 3. The van der Waals surface area contributed by atoms with Crippen molar-refractivity contribution in [3.63, 3.8) is 0 Å². The fourth-order valence-electron chi connectivity index (χ4n) is 4.35. The average Bonchev–Trinajstić information content (AvgIpc) is 2.86. The highest BCUT2D eigenvalue weighted by atomic mass is 35.5. The summed E-state index contributed by atoms with van der Waals surface area (Å²) in [7, 11) is 0. The number of hydrogen-bond acceptors (Lipinski definition) is 6. The molecule has 212 valence electrons. The van der Waals surface area contributed by atoms with Crippen molar-refractivity contribution >= 4 is 55.2 Å². The maximum atomic E-state index is 13.3. The number of aromatic hydroxyl groups is 2. The van der Waals surface area contributed by atoms with Crippen LogP contribution < -0.4 is 5.32 Å². The van der Waals surface area contributed by atoms with E-state index in [2.05, 4.69) is 42.8 Å². The van der Waals surface area contributed by atoms with Gasteiger partial charge in [0.2, 0.25) is 0 Å². The van der Waals surface area contributed by atoms with Gasteiger partial charge in [-0.3, -0.25) is 14.6 Å². The molecule has 0 radical (unpaired) electrons. The minimum atomic E-state index is 0. The number of rotatable bonds is 10. The van der Waals surface area contributed by atoms with Crippen LogP contribution in [0.4, 0.5) is 0 Å². The average molecular weight is 587 g/mol. The molecule has 0 bridgehead atoms. The molecule has 2 aromatic rings. The Kier molecular flexibility index (Phi) is 16.6. The molecule has 0 aliphatic carbocycles. The summed E-state index contributed by atoms with van der Waals surface area (Å²) in [6.45, 7) is 14.4. The van der Waals surface area contributed by atoms with E-state index in [1.807, 2.05) is 36.4 Å². The van der Waals surface area contributed by atoms with Crippen LogP contribution in [0, 0.1) is 0 Å². The number of nitrogens with zero attached hydrogens (tertiary/aromatic N) is 2. The van der Waals surface area contributed by atoms with E-state index in [0.29, 0.717) is 37.3 Å². The van der Waals surface area contributed by atoms with E-state index in [9.17, 15) is 15.0 Å². The minimum absolute atomic E-state index is 0. The fraction of sp³-hybridized carbons (Fsp3) is 0.414. The van der Waals surface area contributed by atoms with Gasteiger partial charge < -0.3 is 15.5 Å². The highest BCUT2D eigenvalue weighted by molar-refractivity contribution is 6.14. The van der Waals surface area contributed by atoms with E-state index in [0.717, 1.165) is 48.4 Å². The zero-order chi connectivity index (χ0) is 25.4. The molecular weight excluding hydrogens is 545 g/mol. The SMILES string of the molecule is CCN(CC)Cc1cc(/C=C2\CNC/C(=C\c3ccc(O)c(CN(CC)CC)c3)C2=O)ccc1O.Cl.Cl.Cl. The lowest BCUT2D eigenvalue weighted by Gasteiger charge is -2.20. The lowest BCUT2D eigenvalue weighted by Crippen LogP contribution is -2.32. The quantitative estimate of drug-likeness (QED) is 0.311. The summed E-state index contributed by atoms with van der Waals surface area (Å²) in [6.07, 6.45) is 3.83. The molecule has 1 aliphatic rings. The van der Waals surface area contributed by atoms with Crippen LogP contribution in [0.25, 0.3) is 12.2 Å². The molecular formula is C29H42Cl3N3O3. The summed E-state index contributed by atoms with van der Waals surface area (Å²) in [6, 6.07) is 11.0. The van der Waals surface area contributed by atoms with Crippen LogP contribution in [0.15, 0.2) is 47.5 Å². The molecule has 0 spiro atoms. The highest BCUT2D eigenvalue weighted by Crippen LogP contribution is 2.25. The normalized spacial score (nSPS) is 15.4. The standard InChI is InChI=1S/C29H39N3O3.3ClH/c1-5-31(6-2)19-25-15-21(9-11-27(25)33)13-23-17-30-18-24(29(23)35)14-22-10-12-28(34)26(16-22)20-32(7-3)8-4;;;/h9-16,30,33-34H,5-8,17-20H2,1-4H3;3*1H/b23-13+,24-14+;;;. The number of ketones is 1. The molecule has 6 nitrogen and oxygen atoms in total. The van der Waals surface area contributed by atoms with Gasteiger partial charge in [0.15, 0.2) is 5.78 Å². The molecule has 3 N–H and O–H groups in total. The molecule has 9 heteroatoms. The Labute approximate surface area is 246 Å². The Morgan fingerprint density at radius 2 is 1.08 bits per heavy atom. The summed E-state index contributed by atoms with van der Waals surface area (Å²) >= 11 is 0. The molecule has 1 heterocycles. The van der Waals surface area contributed by atoms with Gasteiger partial charge in [0, 0.05) is 48.5 Å². The molecule has 1 fully saturated rings. The van der Waals surface area contributed by atoms with Crippen LogP contribution in [0.5, 0.6) is 11.5 Å². The molecule has 0 unspecified atom stereocenters. The molecule has 0 amide bonds. The molecule has 3 rings (SSSR count). The second-order valence-corrected chi connectivity index (χ2v) is 8.97. The van der Waals surface area contributed by atoms with Crippen molar-refractivity contribution in [1.29, 1.82) is 0 Å². The number of piperidine rings is 1. The maximum absolute atomic E-state index is 13.3. The highest BCUT2D eigenvalue weighted by Gasteiger charge is 2.20. The zero-order valence-electron chi connectivity index (χ0n) is 22.7. The Balaban J connectivity index is 0.00000456. The van der Waals surface area contributed by atoms with Crippen molar-refractivity contribution in [2.75, 3.05) is 39.3 Å². The Hall–Kier alpha value is -2.06. The van der Waals surface area contributed by atoms with E-state index in [-0.39, 0.29) is 54.5 Å². The van der Waals surface area contributed by atoms with Crippen molar-refractivity contribution in [1.82, 2.24) is 15.1 Å². The number of benzene rings is 2. The van der Waals surface area contributed by atoms with Gasteiger partial charge in [-0.15, -0.1) is 37.2 Å². The number of hydrogen-bond donors (Lipinski definition) is 3. The lowest BCUT2D eigenvalue weighted by atomic mass is 9.95. The number of carbonyl (C=O) groups excluding carboxylic acids is 1. The van der Waals surface area contributed by atoms with Crippen LogP contribution in [0.3, 0.4) is 0 Å². The third-order valence-electron chi connectivity index (χ3n) is 6.68.